The first-order valence-electron chi connectivity index (χ1n) is 5.02. The van der Waals surface area contributed by atoms with E-state index in [4.69, 9.17) is 25.6 Å². The Kier molecular flexibility index (Phi) is 3.54. The van der Waals surface area contributed by atoms with Gasteiger partial charge in [-0.05, 0) is 18.2 Å². The summed E-state index contributed by atoms with van der Waals surface area (Å²) in [5.74, 6) is 2.31. The summed E-state index contributed by atoms with van der Waals surface area (Å²) in [4.78, 5) is 0. The quantitative estimate of drug-likeness (QED) is 0.786. The molecule has 5 heteroatoms. The van der Waals surface area contributed by atoms with Gasteiger partial charge in [-0.15, -0.1) is 11.6 Å². The highest BCUT2D eigenvalue weighted by Crippen LogP contribution is 2.32. The van der Waals surface area contributed by atoms with Crippen LogP contribution in [0.4, 0.5) is 0 Å². The van der Waals surface area contributed by atoms with Crippen LogP contribution in [0.15, 0.2) is 28.8 Å². The number of halogens is 1. The summed E-state index contributed by atoms with van der Waals surface area (Å²) >= 11 is 5.67. The Labute approximate surface area is 104 Å². The molecule has 0 atom stereocenters. The molecule has 0 unspecified atom stereocenters. The minimum atomic E-state index is 0.330. The Balaban J connectivity index is 2.38. The molecule has 0 bridgehead atoms. The molecule has 90 valence electrons. The molecule has 0 N–H and O–H groups in total. The van der Waals surface area contributed by atoms with Crippen molar-refractivity contribution in [2.75, 3.05) is 14.2 Å². The lowest BCUT2D eigenvalue weighted by atomic mass is 10.1. The Hall–Kier alpha value is -1.68. The maximum atomic E-state index is 5.67. The number of rotatable bonds is 4. The molecular weight excluding hydrogens is 242 g/mol. The van der Waals surface area contributed by atoms with Crippen molar-refractivity contribution in [1.82, 2.24) is 5.16 Å². The van der Waals surface area contributed by atoms with Crippen molar-refractivity contribution >= 4 is 11.6 Å². The van der Waals surface area contributed by atoms with Crippen LogP contribution in [-0.2, 0) is 5.88 Å². The summed E-state index contributed by atoms with van der Waals surface area (Å²) in [5, 5.41) is 3.83. The van der Waals surface area contributed by atoms with Gasteiger partial charge in [0.1, 0.15) is 0 Å². The van der Waals surface area contributed by atoms with Gasteiger partial charge in [0.15, 0.2) is 17.3 Å². The third-order valence-corrected chi connectivity index (χ3v) is 2.64. The van der Waals surface area contributed by atoms with Crippen LogP contribution in [0.3, 0.4) is 0 Å². The molecule has 2 aromatic rings. The lowest BCUT2D eigenvalue weighted by Crippen LogP contribution is -1.90. The van der Waals surface area contributed by atoms with Crippen LogP contribution in [0.25, 0.3) is 11.3 Å². The van der Waals surface area contributed by atoms with E-state index in [1.807, 2.05) is 18.2 Å². The molecule has 0 aliphatic carbocycles. The minimum Gasteiger partial charge on any atom is -0.493 e. The van der Waals surface area contributed by atoms with Crippen molar-refractivity contribution in [2.24, 2.45) is 0 Å². The molecule has 4 nitrogen and oxygen atoms in total. The number of nitrogens with zero attached hydrogens (tertiary/aromatic N) is 1. The van der Waals surface area contributed by atoms with Gasteiger partial charge in [-0.1, -0.05) is 5.16 Å². The van der Waals surface area contributed by atoms with E-state index < -0.39 is 0 Å². The predicted octanol–water partition coefficient (Wildman–Crippen LogP) is 3.10. The zero-order valence-corrected chi connectivity index (χ0v) is 10.3. The third kappa shape index (κ3) is 2.36. The van der Waals surface area contributed by atoms with E-state index in [0.717, 1.165) is 5.56 Å². The number of hydrogen-bond acceptors (Lipinski definition) is 4. The standard InChI is InChI=1S/C12H12ClNO3/c1-15-10-4-3-8(5-12(10)16-2)11-6-9(7-13)14-17-11/h3-6H,7H2,1-2H3. The van der Waals surface area contributed by atoms with Gasteiger partial charge in [0.2, 0.25) is 0 Å². The van der Waals surface area contributed by atoms with Crippen molar-refractivity contribution in [3.8, 4) is 22.8 Å². The van der Waals surface area contributed by atoms with Crippen LogP contribution in [-0.4, -0.2) is 19.4 Å². The summed E-state index contributed by atoms with van der Waals surface area (Å²) < 4.78 is 15.6. The fraction of sp³-hybridized carbons (Fsp3) is 0.250. The van der Waals surface area contributed by atoms with Gasteiger partial charge in [0.05, 0.1) is 25.8 Å². The molecule has 0 aliphatic rings. The fourth-order valence-corrected chi connectivity index (χ4v) is 1.63. The molecule has 0 saturated carbocycles. The smallest absolute Gasteiger partial charge is 0.167 e. The second kappa shape index (κ2) is 5.10. The second-order valence-corrected chi connectivity index (χ2v) is 3.65. The molecule has 1 aromatic heterocycles. The SMILES string of the molecule is COc1ccc(-c2cc(CCl)no2)cc1OC. The van der Waals surface area contributed by atoms with E-state index in [1.165, 1.54) is 0 Å². The largest absolute Gasteiger partial charge is 0.493 e. The summed E-state index contributed by atoms with van der Waals surface area (Å²) in [7, 11) is 3.18. The first-order chi connectivity index (χ1) is 8.28. The van der Waals surface area contributed by atoms with Gasteiger partial charge in [0.25, 0.3) is 0 Å². The molecule has 1 heterocycles. The van der Waals surface area contributed by atoms with Gasteiger partial charge in [-0.25, -0.2) is 0 Å². The zero-order valence-electron chi connectivity index (χ0n) is 9.57. The lowest BCUT2D eigenvalue weighted by molar-refractivity contribution is 0.355. The number of ether oxygens (including phenoxy) is 2. The Morgan fingerprint density at radius 3 is 2.53 bits per heavy atom. The van der Waals surface area contributed by atoms with Crippen LogP contribution in [0.5, 0.6) is 11.5 Å². The summed E-state index contributed by atoms with van der Waals surface area (Å²) in [6, 6.07) is 7.32. The van der Waals surface area contributed by atoms with Gasteiger partial charge >= 0.3 is 0 Å². The molecule has 2 rings (SSSR count). The highest BCUT2D eigenvalue weighted by Gasteiger charge is 2.10. The Morgan fingerprint density at radius 1 is 1.18 bits per heavy atom. The van der Waals surface area contributed by atoms with Gasteiger partial charge in [-0.3, -0.25) is 0 Å². The van der Waals surface area contributed by atoms with Crippen molar-refractivity contribution in [3.05, 3.63) is 30.0 Å². The van der Waals surface area contributed by atoms with Crippen LogP contribution in [0.2, 0.25) is 0 Å². The average Bonchev–Trinajstić information content (AvgIpc) is 2.86. The molecular formula is C12H12ClNO3. The normalized spacial score (nSPS) is 10.3. The average molecular weight is 254 g/mol. The fourth-order valence-electron chi connectivity index (χ4n) is 1.50. The van der Waals surface area contributed by atoms with E-state index in [-0.39, 0.29) is 0 Å². The van der Waals surface area contributed by atoms with Crippen LogP contribution < -0.4 is 9.47 Å². The molecule has 1 aromatic carbocycles. The van der Waals surface area contributed by atoms with Crippen molar-refractivity contribution < 1.29 is 14.0 Å². The van der Waals surface area contributed by atoms with E-state index in [2.05, 4.69) is 5.16 Å². The Morgan fingerprint density at radius 2 is 1.94 bits per heavy atom. The topological polar surface area (TPSA) is 44.5 Å². The van der Waals surface area contributed by atoms with Gasteiger partial charge < -0.3 is 14.0 Å². The molecule has 0 radical (unpaired) electrons. The van der Waals surface area contributed by atoms with E-state index in [1.54, 1.807) is 20.3 Å². The monoisotopic (exact) mass is 253 g/mol. The van der Waals surface area contributed by atoms with E-state index >= 15 is 0 Å². The first kappa shape index (κ1) is 11.8. The second-order valence-electron chi connectivity index (χ2n) is 3.39. The van der Waals surface area contributed by atoms with Crippen LogP contribution in [0.1, 0.15) is 5.69 Å². The lowest BCUT2D eigenvalue weighted by Gasteiger charge is -2.07. The molecule has 0 amide bonds. The number of hydrogen-bond donors (Lipinski definition) is 0. The highest BCUT2D eigenvalue weighted by molar-refractivity contribution is 6.16. The van der Waals surface area contributed by atoms with Crippen molar-refractivity contribution in [3.63, 3.8) is 0 Å². The third-order valence-electron chi connectivity index (χ3n) is 2.36. The van der Waals surface area contributed by atoms with Crippen LogP contribution >= 0.6 is 11.6 Å². The molecule has 0 saturated heterocycles. The minimum absolute atomic E-state index is 0.330. The summed E-state index contributed by atoms with van der Waals surface area (Å²) in [5.41, 5.74) is 1.57. The van der Waals surface area contributed by atoms with Crippen molar-refractivity contribution in [1.29, 1.82) is 0 Å². The summed E-state index contributed by atoms with van der Waals surface area (Å²) in [6.07, 6.45) is 0. The maximum absolute atomic E-state index is 5.67. The zero-order chi connectivity index (χ0) is 12.3. The molecule has 17 heavy (non-hydrogen) atoms. The van der Waals surface area contributed by atoms with Crippen molar-refractivity contribution in [2.45, 2.75) is 5.88 Å². The number of benzene rings is 1. The molecule has 0 aliphatic heterocycles. The number of alkyl halides is 1. The van der Waals surface area contributed by atoms with E-state index in [9.17, 15) is 0 Å². The highest BCUT2D eigenvalue weighted by atomic mass is 35.5. The predicted molar refractivity (Wildman–Crippen MR) is 64.6 cm³/mol. The molecule has 0 spiro atoms. The number of methoxy groups -OCH3 is 2. The first-order valence-corrected chi connectivity index (χ1v) is 5.56. The van der Waals surface area contributed by atoms with E-state index in [0.29, 0.717) is 28.8 Å². The summed E-state index contributed by atoms with van der Waals surface area (Å²) in [6.45, 7) is 0. The van der Waals surface area contributed by atoms with Gasteiger partial charge in [-0.2, -0.15) is 0 Å². The van der Waals surface area contributed by atoms with Crippen LogP contribution in [0, 0.1) is 0 Å². The maximum Gasteiger partial charge on any atom is 0.167 e. The van der Waals surface area contributed by atoms with Gasteiger partial charge in [0, 0.05) is 11.6 Å². The Bertz CT molecular complexity index is 510. The molecule has 0 fully saturated rings. The number of aromatic nitrogens is 1.